The van der Waals surface area contributed by atoms with Gasteiger partial charge in [-0.15, -0.1) is 0 Å². The number of anilines is 1. The number of pyridine rings is 1. The number of nitrogens with one attached hydrogen (secondary N) is 2. The topological polar surface area (TPSA) is 71.1 Å². The largest absolute Gasteiger partial charge is 0.416 e. The maximum atomic E-state index is 12.7. The standard InChI is InChI=1S/C16H16F3N3O2S/c17-16(18,19)12-3-1-2-11(8-12)9-20-15-7-6-14(10-21-15)25(23,24)22-13-4-5-13/h1-3,6-8,10,13,22H,4-5,9H2,(H,20,21). The number of alkyl halides is 3. The molecule has 0 saturated heterocycles. The molecule has 0 bridgehead atoms. The number of halogens is 3. The van der Waals surface area contributed by atoms with E-state index in [9.17, 15) is 21.6 Å². The van der Waals surface area contributed by atoms with E-state index in [1.54, 1.807) is 6.07 Å². The molecule has 134 valence electrons. The Labute approximate surface area is 143 Å². The maximum Gasteiger partial charge on any atom is 0.416 e. The van der Waals surface area contributed by atoms with E-state index in [-0.39, 0.29) is 17.5 Å². The van der Waals surface area contributed by atoms with Gasteiger partial charge in [0.1, 0.15) is 10.7 Å². The first-order valence-electron chi connectivity index (χ1n) is 7.62. The number of benzene rings is 1. The molecule has 0 spiro atoms. The van der Waals surface area contributed by atoms with E-state index in [4.69, 9.17) is 0 Å². The zero-order valence-corrected chi connectivity index (χ0v) is 13.9. The quantitative estimate of drug-likeness (QED) is 0.818. The van der Waals surface area contributed by atoms with Crippen LogP contribution in [-0.2, 0) is 22.7 Å². The molecule has 0 aliphatic heterocycles. The van der Waals surface area contributed by atoms with Crippen molar-refractivity contribution >= 4 is 15.8 Å². The van der Waals surface area contributed by atoms with Gasteiger partial charge in [0.2, 0.25) is 10.0 Å². The Hall–Kier alpha value is -2.13. The molecule has 0 amide bonds. The van der Waals surface area contributed by atoms with Crippen molar-refractivity contribution in [2.75, 3.05) is 5.32 Å². The van der Waals surface area contributed by atoms with Gasteiger partial charge in [0.25, 0.3) is 0 Å². The third-order valence-electron chi connectivity index (χ3n) is 3.67. The molecule has 25 heavy (non-hydrogen) atoms. The molecule has 1 heterocycles. The summed E-state index contributed by atoms with van der Waals surface area (Å²) in [6.07, 6.45) is -1.50. The van der Waals surface area contributed by atoms with Crippen LogP contribution < -0.4 is 10.0 Å². The smallest absolute Gasteiger partial charge is 0.366 e. The average molecular weight is 371 g/mol. The van der Waals surface area contributed by atoms with Gasteiger partial charge in [-0.3, -0.25) is 0 Å². The molecule has 1 aliphatic rings. The molecule has 1 aromatic heterocycles. The predicted molar refractivity (Wildman–Crippen MR) is 86.4 cm³/mol. The molecule has 0 unspecified atom stereocenters. The second-order valence-electron chi connectivity index (χ2n) is 5.83. The van der Waals surface area contributed by atoms with E-state index in [1.165, 1.54) is 24.4 Å². The van der Waals surface area contributed by atoms with E-state index in [0.29, 0.717) is 11.4 Å². The molecule has 1 saturated carbocycles. The second-order valence-corrected chi connectivity index (χ2v) is 7.54. The number of aromatic nitrogens is 1. The molecule has 2 N–H and O–H groups in total. The van der Waals surface area contributed by atoms with Crippen molar-refractivity contribution in [3.63, 3.8) is 0 Å². The van der Waals surface area contributed by atoms with Crippen molar-refractivity contribution in [1.29, 1.82) is 0 Å². The van der Waals surface area contributed by atoms with E-state index in [2.05, 4.69) is 15.0 Å². The Kier molecular flexibility index (Phi) is 4.70. The summed E-state index contributed by atoms with van der Waals surface area (Å²) in [4.78, 5) is 4.07. The van der Waals surface area contributed by atoms with E-state index in [1.807, 2.05) is 0 Å². The van der Waals surface area contributed by atoms with Gasteiger partial charge in [0, 0.05) is 18.8 Å². The molecular weight excluding hydrogens is 355 g/mol. The molecule has 0 atom stereocenters. The Balaban J connectivity index is 1.64. The fourth-order valence-corrected chi connectivity index (χ4v) is 3.43. The third kappa shape index (κ3) is 4.70. The van der Waals surface area contributed by atoms with Gasteiger partial charge >= 0.3 is 6.18 Å². The van der Waals surface area contributed by atoms with Crippen molar-refractivity contribution < 1.29 is 21.6 Å². The molecule has 1 aromatic carbocycles. The van der Waals surface area contributed by atoms with Gasteiger partial charge in [-0.25, -0.2) is 18.1 Å². The lowest BCUT2D eigenvalue weighted by molar-refractivity contribution is -0.137. The fourth-order valence-electron chi connectivity index (χ4n) is 2.18. The third-order valence-corrected chi connectivity index (χ3v) is 5.18. The van der Waals surface area contributed by atoms with Gasteiger partial charge in [-0.05, 0) is 42.7 Å². The number of sulfonamides is 1. The van der Waals surface area contributed by atoms with Crippen molar-refractivity contribution in [2.45, 2.75) is 36.5 Å². The summed E-state index contributed by atoms with van der Waals surface area (Å²) in [7, 11) is -3.57. The molecule has 9 heteroatoms. The van der Waals surface area contributed by atoms with E-state index in [0.717, 1.165) is 25.0 Å². The Morgan fingerprint density at radius 1 is 1.16 bits per heavy atom. The van der Waals surface area contributed by atoms with E-state index >= 15 is 0 Å². The lowest BCUT2D eigenvalue weighted by Gasteiger charge is -2.10. The summed E-state index contributed by atoms with van der Waals surface area (Å²) >= 11 is 0. The first-order chi connectivity index (χ1) is 11.7. The minimum absolute atomic E-state index is 0.00344. The van der Waals surface area contributed by atoms with Crippen LogP contribution in [0, 0.1) is 0 Å². The Bertz CT molecular complexity index is 848. The number of nitrogens with zero attached hydrogens (tertiary/aromatic N) is 1. The molecule has 0 radical (unpaired) electrons. The zero-order chi connectivity index (χ0) is 18.1. The predicted octanol–water partition coefficient (Wildman–Crippen LogP) is 3.15. The summed E-state index contributed by atoms with van der Waals surface area (Å²) in [6, 6.07) is 7.87. The molecule has 1 fully saturated rings. The summed E-state index contributed by atoms with van der Waals surface area (Å²) < 4.78 is 64.7. The highest BCUT2D eigenvalue weighted by atomic mass is 32.2. The lowest BCUT2D eigenvalue weighted by Crippen LogP contribution is -2.25. The molecule has 2 aromatic rings. The van der Waals surface area contributed by atoms with Crippen LogP contribution in [0.25, 0.3) is 0 Å². The molecule has 3 rings (SSSR count). The molecule has 5 nitrogen and oxygen atoms in total. The normalized spacial score (nSPS) is 15.2. The zero-order valence-electron chi connectivity index (χ0n) is 13.0. The van der Waals surface area contributed by atoms with Gasteiger partial charge in [-0.2, -0.15) is 13.2 Å². The van der Waals surface area contributed by atoms with Crippen LogP contribution in [0.2, 0.25) is 0 Å². The monoisotopic (exact) mass is 371 g/mol. The minimum atomic E-state index is -4.39. The van der Waals surface area contributed by atoms with Crippen molar-refractivity contribution in [3.8, 4) is 0 Å². The van der Waals surface area contributed by atoms with Crippen molar-refractivity contribution in [1.82, 2.24) is 9.71 Å². The van der Waals surface area contributed by atoms with Crippen LogP contribution in [-0.4, -0.2) is 19.4 Å². The van der Waals surface area contributed by atoms with Gasteiger partial charge in [-0.1, -0.05) is 12.1 Å². The van der Waals surface area contributed by atoms with E-state index < -0.39 is 21.8 Å². The van der Waals surface area contributed by atoms with Crippen LogP contribution in [0.3, 0.4) is 0 Å². The highest BCUT2D eigenvalue weighted by molar-refractivity contribution is 7.89. The fraction of sp³-hybridized carbons (Fsp3) is 0.312. The summed E-state index contributed by atoms with van der Waals surface area (Å²) in [5, 5.41) is 2.88. The molecular formula is C16H16F3N3O2S. The first kappa shape index (κ1) is 17.7. The lowest BCUT2D eigenvalue weighted by atomic mass is 10.1. The number of rotatable bonds is 6. The van der Waals surface area contributed by atoms with Crippen LogP contribution in [0.15, 0.2) is 47.5 Å². The first-order valence-corrected chi connectivity index (χ1v) is 9.11. The van der Waals surface area contributed by atoms with Crippen molar-refractivity contribution in [2.24, 2.45) is 0 Å². The van der Waals surface area contributed by atoms with Crippen molar-refractivity contribution in [3.05, 3.63) is 53.7 Å². The summed E-state index contributed by atoms with van der Waals surface area (Å²) in [5.41, 5.74) is -0.268. The van der Waals surface area contributed by atoms with Crippen LogP contribution in [0.1, 0.15) is 24.0 Å². The highest BCUT2D eigenvalue weighted by Crippen LogP contribution is 2.29. The van der Waals surface area contributed by atoms with Crippen LogP contribution in [0.5, 0.6) is 0 Å². The minimum Gasteiger partial charge on any atom is -0.366 e. The second kappa shape index (κ2) is 6.64. The number of hydrogen-bond acceptors (Lipinski definition) is 4. The van der Waals surface area contributed by atoms with Crippen LogP contribution in [0.4, 0.5) is 19.0 Å². The Morgan fingerprint density at radius 3 is 2.52 bits per heavy atom. The summed E-state index contributed by atoms with van der Waals surface area (Å²) in [5.74, 6) is 0.378. The number of hydrogen-bond donors (Lipinski definition) is 2. The maximum absolute atomic E-state index is 12.7. The van der Waals surface area contributed by atoms with Gasteiger partial charge in [0.15, 0.2) is 0 Å². The highest BCUT2D eigenvalue weighted by Gasteiger charge is 2.30. The van der Waals surface area contributed by atoms with Gasteiger partial charge < -0.3 is 5.32 Å². The SMILES string of the molecule is O=S(=O)(NC1CC1)c1ccc(NCc2cccc(C(F)(F)F)c2)nc1. The van der Waals surface area contributed by atoms with Gasteiger partial charge in [0.05, 0.1) is 5.56 Å². The summed E-state index contributed by atoms with van der Waals surface area (Å²) in [6.45, 7) is 0.142. The van der Waals surface area contributed by atoms with Crippen LogP contribution >= 0.6 is 0 Å². The Morgan fingerprint density at radius 2 is 1.92 bits per heavy atom. The molecule has 1 aliphatic carbocycles. The average Bonchev–Trinajstić information content (AvgIpc) is 3.36.